The van der Waals surface area contributed by atoms with Crippen molar-refractivity contribution in [2.24, 2.45) is 7.05 Å². The van der Waals surface area contributed by atoms with Crippen molar-refractivity contribution in [3.63, 3.8) is 0 Å². The minimum absolute atomic E-state index is 0.199. The number of rotatable bonds is 8. The molecule has 194 valence electrons. The molecule has 0 atom stereocenters. The SMILES string of the molecule is COc1cc(Br)cc(C)c1-c1ccc(N(CCCC(=O)N2CCOCC2)C(C)C)c2c1nc(N)n2C. The lowest BCUT2D eigenvalue weighted by molar-refractivity contribution is -0.135. The second-order valence-electron chi connectivity index (χ2n) is 9.54. The molecule has 1 amide bonds. The number of nitrogens with zero attached hydrogens (tertiary/aromatic N) is 4. The van der Waals surface area contributed by atoms with Crippen LogP contribution in [0.3, 0.4) is 0 Å². The van der Waals surface area contributed by atoms with E-state index >= 15 is 0 Å². The highest BCUT2D eigenvalue weighted by molar-refractivity contribution is 9.10. The van der Waals surface area contributed by atoms with Crippen molar-refractivity contribution in [2.45, 2.75) is 39.7 Å². The number of halogens is 1. The summed E-state index contributed by atoms with van der Waals surface area (Å²) in [5, 5.41) is 0. The molecule has 3 aromatic rings. The summed E-state index contributed by atoms with van der Waals surface area (Å²) in [5.41, 5.74) is 12.3. The van der Waals surface area contributed by atoms with E-state index in [1.807, 2.05) is 22.6 Å². The Labute approximate surface area is 221 Å². The van der Waals surface area contributed by atoms with Crippen LogP contribution in [0.5, 0.6) is 5.75 Å². The number of benzene rings is 2. The number of nitrogen functional groups attached to an aromatic ring is 1. The van der Waals surface area contributed by atoms with Gasteiger partial charge in [-0.25, -0.2) is 4.98 Å². The van der Waals surface area contributed by atoms with E-state index in [4.69, 9.17) is 20.2 Å². The number of imidazole rings is 1. The molecule has 2 N–H and O–H groups in total. The molecule has 0 saturated carbocycles. The molecule has 2 aromatic carbocycles. The third-order valence-corrected chi connectivity index (χ3v) is 7.33. The van der Waals surface area contributed by atoms with Crippen LogP contribution < -0.4 is 15.4 Å². The number of aromatic nitrogens is 2. The predicted molar refractivity (Wildman–Crippen MR) is 149 cm³/mol. The van der Waals surface area contributed by atoms with Gasteiger partial charge in [-0.15, -0.1) is 0 Å². The van der Waals surface area contributed by atoms with Gasteiger partial charge in [-0.05, 0) is 57.0 Å². The van der Waals surface area contributed by atoms with Gasteiger partial charge in [0.05, 0.1) is 31.5 Å². The second-order valence-corrected chi connectivity index (χ2v) is 10.5. The average molecular weight is 559 g/mol. The highest BCUT2D eigenvalue weighted by atomic mass is 79.9. The number of morpholine rings is 1. The Kier molecular flexibility index (Phi) is 8.10. The first-order valence-corrected chi connectivity index (χ1v) is 13.2. The van der Waals surface area contributed by atoms with Crippen LogP contribution in [0, 0.1) is 6.92 Å². The van der Waals surface area contributed by atoms with E-state index in [0.717, 1.165) is 56.6 Å². The molecule has 8 nitrogen and oxygen atoms in total. The number of nitrogens with two attached hydrogens (primary N) is 1. The van der Waals surface area contributed by atoms with Crippen molar-refractivity contribution in [2.75, 3.05) is 50.6 Å². The number of carbonyl (C=O) groups is 1. The summed E-state index contributed by atoms with van der Waals surface area (Å²) in [7, 11) is 3.63. The maximum atomic E-state index is 12.7. The lowest BCUT2D eigenvalue weighted by Crippen LogP contribution is -2.41. The first-order valence-electron chi connectivity index (χ1n) is 12.4. The maximum Gasteiger partial charge on any atom is 0.222 e. The minimum atomic E-state index is 0.199. The molecule has 0 radical (unpaired) electrons. The van der Waals surface area contributed by atoms with Gasteiger partial charge in [0, 0.05) is 54.7 Å². The van der Waals surface area contributed by atoms with Crippen molar-refractivity contribution in [1.29, 1.82) is 0 Å². The van der Waals surface area contributed by atoms with Crippen LogP contribution in [0.15, 0.2) is 28.7 Å². The maximum absolute atomic E-state index is 12.7. The van der Waals surface area contributed by atoms with Gasteiger partial charge in [0.15, 0.2) is 0 Å². The second kappa shape index (κ2) is 11.1. The molecular formula is C27H36BrN5O3. The molecule has 0 bridgehead atoms. The number of aryl methyl sites for hydroxylation is 2. The summed E-state index contributed by atoms with van der Waals surface area (Å²) in [5.74, 6) is 1.44. The number of hydrogen-bond acceptors (Lipinski definition) is 6. The molecule has 36 heavy (non-hydrogen) atoms. The normalized spacial score (nSPS) is 14.0. The number of fused-ring (bicyclic) bond motifs is 1. The molecule has 0 aliphatic carbocycles. The Morgan fingerprint density at radius 2 is 2.00 bits per heavy atom. The van der Waals surface area contributed by atoms with E-state index in [-0.39, 0.29) is 11.9 Å². The number of carbonyl (C=O) groups excluding carboxylic acids is 1. The number of methoxy groups -OCH3 is 1. The van der Waals surface area contributed by atoms with Gasteiger partial charge in [-0.1, -0.05) is 15.9 Å². The summed E-state index contributed by atoms with van der Waals surface area (Å²) in [4.78, 5) is 21.7. The van der Waals surface area contributed by atoms with E-state index in [1.165, 1.54) is 0 Å². The number of ether oxygens (including phenoxy) is 2. The molecule has 1 saturated heterocycles. The molecule has 1 aliphatic heterocycles. The number of hydrogen-bond donors (Lipinski definition) is 1. The molecule has 9 heteroatoms. The van der Waals surface area contributed by atoms with E-state index in [0.29, 0.717) is 38.7 Å². The first kappa shape index (κ1) is 26.3. The Morgan fingerprint density at radius 1 is 1.28 bits per heavy atom. The largest absolute Gasteiger partial charge is 0.496 e. The van der Waals surface area contributed by atoms with Crippen molar-refractivity contribution in [1.82, 2.24) is 14.5 Å². The third kappa shape index (κ3) is 5.18. The standard InChI is InChI=1S/C27H36BrN5O3/c1-17(2)33(10-6-7-23(34)32-11-13-36-14-12-32)21-9-8-20(25-26(21)31(4)27(29)30-25)24-18(3)15-19(28)16-22(24)35-5/h8-9,15-17H,6-7,10-14H2,1-5H3,(H2,29,30). The van der Waals surface area contributed by atoms with E-state index in [9.17, 15) is 4.79 Å². The van der Waals surface area contributed by atoms with Crippen LogP contribution in [-0.4, -0.2) is 66.4 Å². The van der Waals surface area contributed by atoms with Crippen LogP contribution in [0.25, 0.3) is 22.2 Å². The Hall–Kier alpha value is -2.78. The molecule has 4 rings (SSSR count). The smallest absolute Gasteiger partial charge is 0.222 e. The molecule has 0 spiro atoms. The molecule has 0 unspecified atom stereocenters. The minimum Gasteiger partial charge on any atom is -0.496 e. The van der Waals surface area contributed by atoms with Crippen LogP contribution >= 0.6 is 15.9 Å². The molecule has 2 heterocycles. The summed E-state index contributed by atoms with van der Waals surface area (Å²) >= 11 is 3.57. The highest BCUT2D eigenvalue weighted by Crippen LogP contribution is 2.42. The highest BCUT2D eigenvalue weighted by Gasteiger charge is 2.23. The zero-order valence-corrected chi connectivity index (χ0v) is 23.4. The monoisotopic (exact) mass is 557 g/mol. The van der Waals surface area contributed by atoms with Gasteiger partial charge in [0.25, 0.3) is 0 Å². The number of amides is 1. The zero-order valence-electron chi connectivity index (χ0n) is 21.8. The van der Waals surface area contributed by atoms with Gasteiger partial charge in [-0.3, -0.25) is 4.79 Å². The van der Waals surface area contributed by atoms with E-state index in [2.05, 4.69) is 59.8 Å². The lowest BCUT2D eigenvalue weighted by Gasteiger charge is -2.31. The Morgan fingerprint density at radius 3 is 2.67 bits per heavy atom. The fourth-order valence-electron chi connectivity index (χ4n) is 5.00. The summed E-state index contributed by atoms with van der Waals surface area (Å²) in [6.45, 7) is 9.78. The van der Waals surface area contributed by atoms with Gasteiger partial charge < -0.3 is 29.6 Å². The summed E-state index contributed by atoms with van der Waals surface area (Å²) < 4.78 is 14.0. The van der Waals surface area contributed by atoms with Crippen LogP contribution in [0.2, 0.25) is 0 Å². The summed E-state index contributed by atoms with van der Waals surface area (Å²) in [6, 6.07) is 8.54. The van der Waals surface area contributed by atoms with E-state index < -0.39 is 0 Å². The molecule has 1 aliphatic rings. The summed E-state index contributed by atoms with van der Waals surface area (Å²) in [6.07, 6.45) is 1.29. The van der Waals surface area contributed by atoms with Crippen molar-refractivity contribution < 1.29 is 14.3 Å². The van der Waals surface area contributed by atoms with E-state index in [1.54, 1.807) is 7.11 Å². The predicted octanol–water partition coefficient (Wildman–Crippen LogP) is 4.76. The number of anilines is 2. The van der Waals surface area contributed by atoms with Crippen LogP contribution in [0.1, 0.15) is 32.3 Å². The van der Waals surface area contributed by atoms with Gasteiger partial charge in [-0.2, -0.15) is 0 Å². The molecule has 1 aromatic heterocycles. The molecular weight excluding hydrogens is 522 g/mol. The topological polar surface area (TPSA) is 85.8 Å². The fraction of sp³-hybridized carbons (Fsp3) is 0.481. The fourth-order valence-corrected chi connectivity index (χ4v) is 5.55. The Balaban J connectivity index is 1.69. The lowest BCUT2D eigenvalue weighted by atomic mass is 9.97. The van der Waals surface area contributed by atoms with Crippen LogP contribution in [-0.2, 0) is 16.6 Å². The third-order valence-electron chi connectivity index (χ3n) is 6.87. The first-order chi connectivity index (χ1) is 17.2. The van der Waals surface area contributed by atoms with Crippen molar-refractivity contribution >= 4 is 44.5 Å². The van der Waals surface area contributed by atoms with Crippen LogP contribution in [0.4, 0.5) is 11.6 Å². The Bertz CT molecular complexity index is 1250. The quantitative estimate of drug-likeness (QED) is 0.430. The van der Waals surface area contributed by atoms with Gasteiger partial charge >= 0.3 is 0 Å². The molecule has 1 fully saturated rings. The zero-order chi connectivity index (χ0) is 26.0. The van der Waals surface area contributed by atoms with Gasteiger partial charge in [0.1, 0.15) is 11.3 Å². The van der Waals surface area contributed by atoms with Crippen molar-refractivity contribution in [3.05, 3.63) is 34.3 Å². The van der Waals surface area contributed by atoms with Crippen molar-refractivity contribution in [3.8, 4) is 16.9 Å². The van der Waals surface area contributed by atoms with Gasteiger partial charge in [0.2, 0.25) is 11.9 Å². The average Bonchev–Trinajstić information content (AvgIpc) is 3.16.